The predicted molar refractivity (Wildman–Crippen MR) is 107 cm³/mol. The molecular formula is C21H19N3S. The quantitative estimate of drug-likeness (QED) is 0.477. The van der Waals surface area contributed by atoms with Crippen LogP contribution in [0.5, 0.6) is 0 Å². The highest BCUT2D eigenvalue weighted by molar-refractivity contribution is 7.17. The van der Waals surface area contributed by atoms with Crippen molar-refractivity contribution in [1.29, 1.82) is 0 Å². The average molecular weight is 345 g/mol. The Morgan fingerprint density at radius 1 is 0.920 bits per heavy atom. The molecule has 0 aliphatic rings. The van der Waals surface area contributed by atoms with Crippen LogP contribution in [0.15, 0.2) is 66.3 Å². The molecule has 2 aromatic heterocycles. The van der Waals surface area contributed by atoms with E-state index in [9.17, 15) is 0 Å². The topological polar surface area (TPSA) is 37.8 Å². The molecule has 0 bridgehead atoms. The van der Waals surface area contributed by atoms with Crippen LogP contribution in [0.25, 0.3) is 21.3 Å². The Balaban J connectivity index is 1.85. The van der Waals surface area contributed by atoms with Gasteiger partial charge in [-0.15, -0.1) is 11.3 Å². The Kier molecular flexibility index (Phi) is 4.20. The van der Waals surface area contributed by atoms with Gasteiger partial charge in [0, 0.05) is 16.6 Å². The first-order valence-corrected chi connectivity index (χ1v) is 9.25. The fraction of sp³-hybridized carbons (Fsp3) is 0.143. The molecule has 0 aliphatic heterocycles. The van der Waals surface area contributed by atoms with Gasteiger partial charge in [0.1, 0.15) is 17.0 Å². The summed E-state index contributed by atoms with van der Waals surface area (Å²) in [6, 6.07) is 18.8. The first-order valence-electron chi connectivity index (χ1n) is 8.37. The van der Waals surface area contributed by atoms with Gasteiger partial charge >= 0.3 is 0 Å². The van der Waals surface area contributed by atoms with Gasteiger partial charge in [0.25, 0.3) is 0 Å². The number of benzene rings is 2. The zero-order valence-corrected chi connectivity index (χ0v) is 15.0. The summed E-state index contributed by atoms with van der Waals surface area (Å²) in [6.07, 6.45) is 1.63. The van der Waals surface area contributed by atoms with Crippen molar-refractivity contribution in [3.8, 4) is 11.1 Å². The average Bonchev–Trinajstić information content (AvgIpc) is 3.08. The van der Waals surface area contributed by atoms with E-state index in [0.717, 1.165) is 21.7 Å². The minimum Gasteiger partial charge on any atom is -0.339 e. The highest BCUT2D eigenvalue weighted by Crippen LogP contribution is 2.38. The van der Waals surface area contributed by atoms with Crippen LogP contribution < -0.4 is 5.32 Å². The molecule has 2 aromatic carbocycles. The summed E-state index contributed by atoms with van der Waals surface area (Å²) in [5.74, 6) is 1.30. The van der Waals surface area contributed by atoms with Crippen molar-refractivity contribution in [2.24, 2.45) is 0 Å². The second kappa shape index (κ2) is 6.65. The molecule has 25 heavy (non-hydrogen) atoms. The first-order chi connectivity index (χ1) is 12.2. The highest BCUT2D eigenvalue weighted by Gasteiger charge is 2.14. The van der Waals surface area contributed by atoms with Gasteiger partial charge in [-0.3, -0.25) is 0 Å². The fourth-order valence-electron chi connectivity index (χ4n) is 3.04. The monoisotopic (exact) mass is 345 g/mol. The molecular weight excluding hydrogens is 326 g/mol. The van der Waals surface area contributed by atoms with Gasteiger partial charge in [-0.05, 0) is 23.1 Å². The van der Waals surface area contributed by atoms with E-state index in [2.05, 4.69) is 83.0 Å². The summed E-state index contributed by atoms with van der Waals surface area (Å²) < 4.78 is 0. The molecule has 0 amide bonds. The number of anilines is 2. The third kappa shape index (κ3) is 3.01. The SMILES string of the molecule is CC(C)c1ccccc1Nc1ncnc2scc(-c3ccccc3)c12. The number of hydrogen-bond donors (Lipinski definition) is 1. The van der Waals surface area contributed by atoms with Crippen molar-refractivity contribution in [2.45, 2.75) is 19.8 Å². The van der Waals surface area contributed by atoms with E-state index in [-0.39, 0.29) is 0 Å². The molecule has 4 aromatic rings. The molecule has 124 valence electrons. The Morgan fingerprint density at radius 2 is 1.68 bits per heavy atom. The smallest absolute Gasteiger partial charge is 0.143 e. The number of nitrogens with zero attached hydrogens (tertiary/aromatic N) is 2. The Hall–Kier alpha value is -2.72. The van der Waals surface area contributed by atoms with Gasteiger partial charge in [-0.25, -0.2) is 9.97 Å². The molecule has 2 heterocycles. The van der Waals surface area contributed by atoms with Crippen LogP contribution in [0, 0.1) is 0 Å². The Bertz CT molecular complexity index is 1010. The summed E-state index contributed by atoms with van der Waals surface area (Å²) >= 11 is 1.65. The van der Waals surface area contributed by atoms with E-state index in [1.54, 1.807) is 17.7 Å². The van der Waals surface area contributed by atoms with Crippen LogP contribution in [-0.2, 0) is 0 Å². The summed E-state index contributed by atoms with van der Waals surface area (Å²) in [5.41, 5.74) is 4.74. The van der Waals surface area contributed by atoms with Gasteiger partial charge in [0.2, 0.25) is 0 Å². The van der Waals surface area contributed by atoms with Gasteiger partial charge in [-0.2, -0.15) is 0 Å². The van der Waals surface area contributed by atoms with Crippen molar-refractivity contribution in [3.63, 3.8) is 0 Å². The van der Waals surface area contributed by atoms with E-state index in [0.29, 0.717) is 5.92 Å². The second-order valence-corrected chi connectivity index (χ2v) is 7.14. The van der Waals surface area contributed by atoms with Crippen LogP contribution in [0.1, 0.15) is 25.3 Å². The fourth-order valence-corrected chi connectivity index (χ4v) is 3.96. The lowest BCUT2D eigenvalue weighted by atomic mass is 10.0. The molecule has 0 saturated heterocycles. The summed E-state index contributed by atoms with van der Waals surface area (Å²) in [5, 5.41) is 6.79. The Labute approximate surface area is 151 Å². The number of rotatable bonds is 4. The standard InChI is InChI=1S/C21H19N3S/c1-14(2)16-10-6-7-11-18(16)24-20-19-17(15-8-4-3-5-9-15)12-25-21(19)23-13-22-20/h3-14H,1-2H3,(H,22,23,24). The van der Waals surface area contributed by atoms with Crippen LogP contribution in [0.2, 0.25) is 0 Å². The van der Waals surface area contributed by atoms with Crippen molar-refractivity contribution < 1.29 is 0 Å². The van der Waals surface area contributed by atoms with E-state index >= 15 is 0 Å². The molecule has 0 saturated carbocycles. The predicted octanol–water partition coefficient (Wildman–Crippen LogP) is 6.23. The van der Waals surface area contributed by atoms with Crippen LogP contribution in [0.4, 0.5) is 11.5 Å². The van der Waals surface area contributed by atoms with E-state index in [1.807, 2.05) is 6.07 Å². The van der Waals surface area contributed by atoms with E-state index < -0.39 is 0 Å². The number of hydrogen-bond acceptors (Lipinski definition) is 4. The summed E-state index contributed by atoms with van der Waals surface area (Å²) in [7, 11) is 0. The van der Waals surface area contributed by atoms with Crippen LogP contribution >= 0.6 is 11.3 Å². The number of para-hydroxylation sites is 1. The van der Waals surface area contributed by atoms with E-state index in [4.69, 9.17) is 0 Å². The minimum absolute atomic E-state index is 0.442. The molecule has 1 N–H and O–H groups in total. The lowest BCUT2D eigenvalue weighted by Gasteiger charge is -2.15. The normalized spacial score (nSPS) is 11.2. The zero-order valence-electron chi connectivity index (χ0n) is 14.2. The first kappa shape index (κ1) is 15.8. The summed E-state index contributed by atoms with van der Waals surface area (Å²) in [4.78, 5) is 10.00. The number of aromatic nitrogens is 2. The molecule has 3 nitrogen and oxygen atoms in total. The zero-order chi connectivity index (χ0) is 17.2. The highest BCUT2D eigenvalue weighted by atomic mass is 32.1. The maximum Gasteiger partial charge on any atom is 0.143 e. The Morgan fingerprint density at radius 3 is 2.48 bits per heavy atom. The van der Waals surface area contributed by atoms with Crippen molar-refractivity contribution in [1.82, 2.24) is 9.97 Å². The second-order valence-electron chi connectivity index (χ2n) is 6.28. The molecule has 4 rings (SSSR count). The molecule has 4 heteroatoms. The van der Waals surface area contributed by atoms with Gasteiger partial charge in [-0.1, -0.05) is 62.4 Å². The van der Waals surface area contributed by atoms with Crippen molar-refractivity contribution in [3.05, 3.63) is 71.9 Å². The van der Waals surface area contributed by atoms with Crippen LogP contribution in [-0.4, -0.2) is 9.97 Å². The lowest BCUT2D eigenvalue weighted by molar-refractivity contribution is 0.869. The largest absolute Gasteiger partial charge is 0.339 e. The van der Waals surface area contributed by atoms with Crippen molar-refractivity contribution >= 4 is 33.1 Å². The van der Waals surface area contributed by atoms with Gasteiger partial charge < -0.3 is 5.32 Å². The van der Waals surface area contributed by atoms with Crippen LogP contribution in [0.3, 0.4) is 0 Å². The molecule has 0 spiro atoms. The third-order valence-electron chi connectivity index (χ3n) is 4.29. The number of fused-ring (bicyclic) bond motifs is 1. The maximum absolute atomic E-state index is 4.55. The molecule has 0 fully saturated rings. The minimum atomic E-state index is 0.442. The van der Waals surface area contributed by atoms with Gasteiger partial charge in [0.15, 0.2) is 0 Å². The summed E-state index contributed by atoms with van der Waals surface area (Å²) in [6.45, 7) is 4.41. The van der Waals surface area contributed by atoms with Crippen molar-refractivity contribution in [2.75, 3.05) is 5.32 Å². The maximum atomic E-state index is 4.55. The molecule has 0 unspecified atom stereocenters. The van der Waals surface area contributed by atoms with E-state index in [1.165, 1.54) is 16.7 Å². The lowest BCUT2D eigenvalue weighted by Crippen LogP contribution is -2.00. The number of nitrogens with one attached hydrogen (secondary N) is 1. The number of thiophene rings is 1. The molecule has 0 radical (unpaired) electrons. The van der Waals surface area contributed by atoms with Gasteiger partial charge in [0.05, 0.1) is 5.39 Å². The third-order valence-corrected chi connectivity index (χ3v) is 5.18. The molecule has 0 aliphatic carbocycles. The molecule has 0 atom stereocenters.